The minimum Gasteiger partial charge on any atom is -0.299 e. The fourth-order valence-corrected chi connectivity index (χ4v) is 2.13. The molecule has 0 heterocycles. The van der Waals surface area contributed by atoms with E-state index in [9.17, 15) is 9.59 Å². The number of carbonyl (C=O) groups is 2. The number of Topliss-reactive ketones (excluding diaryl/α,β-unsaturated/α-hetero) is 2. The maximum absolute atomic E-state index is 11.7. The number of carbonyl (C=O) groups excluding carboxylic acids is 2. The number of ketones is 2. The first-order valence-corrected chi connectivity index (χ1v) is 6.32. The molecule has 0 aromatic rings. The van der Waals surface area contributed by atoms with Gasteiger partial charge in [0.05, 0.1) is 5.41 Å². The smallest absolute Gasteiger partial charge is 0.146 e. The molecule has 0 radical (unpaired) electrons. The Labute approximate surface area is 98.3 Å². The van der Waals surface area contributed by atoms with Gasteiger partial charge in [0, 0.05) is 17.3 Å². The molecule has 0 aromatic heterocycles. The fourth-order valence-electron chi connectivity index (χ4n) is 1.86. The average Bonchev–Trinajstić information content (AvgIpc) is 2.14. The van der Waals surface area contributed by atoms with E-state index in [-0.39, 0.29) is 11.6 Å². The molecule has 0 aliphatic heterocycles. The van der Waals surface area contributed by atoms with Gasteiger partial charge in [0.2, 0.25) is 0 Å². The van der Waals surface area contributed by atoms with Crippen LogP contribution in [0.5, 0.6) is 0 Å². The van der Waals surface area contributed by atoms with Crippen LogP contribution in [0.15, 0.2) is 12.2 Å². The molecule has 2 nitrogen and oxygen atoms in total. The maximum atomic E-state index is 11.7. The number of allylic oxidation sites excluding steroid dienone is 1. The van der Waals surface area contributed by atoms with Gasteiger partial charge >= 0.3 is 0 Å². The van der Waals surface area contributed by atoms with Crippen LogP contribution >= 0.6 is 22.6 Å². The molecule has 0 atom stereocenters. The van der Waals surface area contributed by atoms with Crippen molar-refractivity contribution in [3.8, 4) is 0 Å². The van der Waals surface area contributed by atoms with Crippen molar-refractivity contribution in [2.24, 2.45) is 5.41 Å². The van der Waals surface area contributed by atoms with Gasteiger partial charge in [0.1, 0.15) is 11.6 Å². The highest BCUT2D eigenvalue weighted by molar-refractivity contribution is 14.1. The third kappa shape index (κ3) is 2.24. The van der Waals surface area contributed by atoms with E-state index in [2.05, 4.69) is 29.2 Å². The molecule has 1 rings (SSSR count). The summed E-state index contributed by atoms with van der Waals surface area (Å²) in [7, 11) is 0. The predicted octanol–water partition coefficient (Wildman–Crippen LogP) is 2.70. The van der Waals surface area contributed by atoms with Gasteiger partial charge in [-0.1, -0.05) is 34.7 Å². The summed E-state index contributed by atoms with van der Waals surface area (Å²) in [5.41, 5.74) is 0.220. The van der Waals surface area contributed by atoms with E-state index in [1.807, 2.05) is 0 Å². The maximum Gasteiger partial charge on any atom is 0.146 e. The van der Waals surface area contributed by atoms with Crippen molar-refractivity contribution in [2.45, 2.75) is 32.6 Å². The Morgan fingerprint density at radius 3 is 2.36 bits per heavy atom. The molecule has 14 heavy (non-hydrogen) atoms. The zero-order chi connectivity index (χ0) is 10.8. The van der Waals surface area contributed by atoms with Gasteiger partial charge in [-0.25, -0.2) is 0 Å². The van der Waals surface area contributed by atoms with Crippen LogP contribution in [0.3, 0.4) is 0 Å². The fraction of sp³-hybridized carbons (Fsp3) is 0.636. The molecule has 0 unspecified atom stereocenters. The molecule has 1 aliphatic rings. The van der Waals surface area contributed by atoms with Crippen LogP contribution in [0.25, 0.3) is 0 Å². The van der Waals surface area contributed by atoms with E-state index in [1.165, 1.54) is 0 Å². The van der Waals surface area contributed by atoms with Crippen molar-refractivity contribution in [1.29, 1.82) is 0 Å². The number of halogens is 1. The predicted molar refractivity (Wildman–Crippen MR) is 64.6 cm³/mol. The van der Waals surface area contributed by atoms with Crippen LogP contribution in [0.2, 0.25) is 0 Å². The van der Waals surface area contributed by atoms with Gasteiger partial charge < -0.3 is 0 Å². The Hall–Kier alpha value is -0.190. The summed E-state index contributed by atoms with van der Waals surface area (Å²) in [5, 5.41) is 0. The van der Waals surface area contributed by atoms with Crippen LogP contribution in [0.4, 0.5) is 0 Å². The summed E-state index contributed by atoms with van der Waals surface area (Å²) in [6.07, 6.45) is 2.37. The van der Waals surface area contributed by atoms with Crippen LogP contribution in [0.1, 0.15) is 32.6 Å². The van der Waals surface area contributed by atoms with Crippen LogP contribution in [0, 0.1) is 5.41 Å². The Balaban J connectivity index is 2.82. The highest BCUT2D eigenvalue weighted by Crippen LogP contribution is 2.35. The monoisotopic (exact) mass is 306 g/mol. The number of hydrogen-bond donors (Lipinski definition) is 0. The normalized spacial score (nSPS) is 21.0. The van der Waals surface area contributed by atoms with Crippen molar-refractivity contribution in [1.82, 2.24) is 0 Å². The molecule has 0 saturated heterocycles. The third-order valence-electron chi connectivity index (χ3n) is 2.83. The van der Waals surface area contributed by atoms with Crippen molar-refractivity contribution < 1.29 is 9.59 Å². The molecule has 3 heteroatoms. The molecule has 78 valence electrons. The lowest BCUT2D eigenvalue weighted by atomic mass is 9.70. The van der Waals surface area contributed by atoms with Crippen LogP contribution in [-0.2, 0) is 9.59 Å². The quantitative estimate of drug-likeness (QED) is 0.348. The first kappa shape index (κ1) is 11.9. The van der Waals surface area contributed by atoms with Gasteiger partial charge in [-0.05, 0) is 19.8 Å². The summed E-state index contributed by atoms with van der Waals surface area (Å²) < 4.78 is 0.813. The molecule has 1 saturated carbocycles. The van der Waals surface area contributed by atoms with E-state index in [0.717, 1.165) is 16.4 Å². The molecular formula is C11H15IO2. The zero-order valence-corrected chi connectivity index (χ0v) is 10.6. The van der Waals surface area contributed by atoms with Crippen LogP contribution < -0.4 is 0 Å². The number of rotatable bonds is 3. The Morgan fingerprint density at radius 2 is 1.93 bits per heavy atom. The summed E-state index contributed by atoms with van der Waals surface area (Å²) in [5.74, 6) is 0.194. The summed E-state index contributed by atoms with van der Waals surface area (Å²) in [6, 6.07) is 0. The van der Waals surface area contributed by atoms with E-state index in [0.29, 0.717) is 19.3 Å². The lowest BCUT2D eigenvalue weighted by Gasteiger charge is -2.30. The molecule has 0 spiro atoms. The molecule has 0 aromatic carbocycles. The SMILES string of the molecule is C=C(CI)CC1(C)C(=O)CCCC1=O. The van der Waals surface area contributed by atoms with E-state index in [1.54, 1.807) is 6.92 Å². The van der Waals surface area contributed by atoms with Crippen molar-refractivity contribution in [3.05, 3.63) is 12.2 Å². The molecule has 1 fully saturated rings. The van der Waals surface area contributed by atoms with Gasteiger partial charge in [-0.2, -0.15) is 0 Å². The minimum absolute atomic E-state index is 0.0970. The molecule has 0 N–H and O–H groups in total. The average molecular weight is 306 g/mol. The standard InChI is InChI=1S/C11H15IO2/c1-8(7-12)6-11(2)9(13)4-3-5-10(11)14/h1,3-7H2,2H3. The lowest BCUT2D eigenvalue weighted by Crippen LogP contribution is -2.40. The first-order chi connectivity index (χ1) is 6.50. The highest BCUT2D eigenvalue weighted by Gasteiger charge is 2.42. The Bertz CT molecular complexity index is 265. The van der Waals surface area contributed by atoms with Gasteiger partial charge in [-0.15, -0.1) is 0 Å². The molecule has 0 bridgehead atoms. The van der Waals surface area contributed by atoms with E-state index < -0.39 is 5.41 Å². The third-order valence-corrected chi connectivity index (χ3v) is 3.91. The van der Waals surface area contributed by atoms with E-state index in [4.69, 9.17) is 0 Å². The minimum atomic E-state index is -0.763. The first-order valence-electron chi connectivity index (χ1n) is 4.80. The lowest BCUT2D eigenvalue weighted by molar-refractivity contribution is -0.142. The second-order valence-electron chi connectivity index (χ2n) is 4.09. The highest BCUT2D eigenvalue weighted by atomic mass is 127. The van der Waals surface area contributed by atoms with E-state index >= 15 is 0 Å². The summed E-state index contributed by atoms with van der Waals surface area (Å²) >= 11 is 2.21. The number of alkyl halides is 1. The molecular weight excluding hydrogens is 291 g/mol. The Morgan fingerprint density at radius 1 is 1.43 bits per heavy atom. The van der Waals surface area contributed by atoms with Gasteiger partial charge in [0.25, 0.3) is 0 Å². The zero-order valence-electron chi connectivity index (χ0n) is 8.44. The van der Waals surface area contributed by atoms with Crippen LogP contribution in [-0.4, -0.2) is 16.0 Å². The second kappa shape index (κ2) is 4.55. The summed E-state index contributed by atoms with van der Waals surface area (Å²) in [6.45, 7) is 5.64. The topological polar surface area (TPSA) is 34.1 Å². The second-order valence-corrected chi connectivity index (χ2v) is 4.86. The number of hydrogen-bond acceptors (Lipinski definition) is 2. The largest absolute Gasteiger partial charge is 0.299 e. The summed E-state index contributed by atoms with van der Waals surface area (Å²) in [4.78, 5) is 23.4. The Kier molecular flexibility index (Phi) is 3.86. The van der Waals surface area contributed by atoms with Crippen molar-refractivity contribution in [3.63, 3.8) is 0 Å². The van der Waals surface area contributed by atoms with Gasteiger partial charge in [-0.3, -0.25) is 9.59 Å². The molecule has 1 aliphatic carbocycles. The van der Waals surface area contributed by atoms with Crippen molar-refractivity contribution >= 4 is 34.2 Å². The molecule has 0 amide bonds. The van der Waals surface area contributed by atoms with Crippen molar-refractivity contribution in [2.75, 3.05) is 4.43 Å². The van der Waals surface area contributed by atoms with Gasteiger partial charge in [0.15, 0.2) is 0 Å².